The highest BCUT2D eigenvalue weighted by Gasteiger charge is 2.28. The molecule has 0 N–H and O–H groups in total. The second-order valence-corrected chi connectivity index (χ2v) is 7.86. The van der Waals surface area contributed by atoms with E-state index in [2.05, 4.69) is 0 Å². The first kappa shape index (κ1) is 18.0. The van der Waals surface area contributed by atoms with Gasteiger partial charge in [-0.2, -0.15) is 4.31 Å². The summed E-state index contributed by atoms with van der Waals surface area (Å²) in [5.41, 5.74) is 0. The predicted molar refractivity (Wildman–Crippen MR) is 89.2 cm³/mol. The maximum Gasteiger partial charge on any atom is 0.260 e. The van der Waals surface area contributed by atoms with Gasteiger partial charge in [-0.25, -0.2) is 8.42 Å². The first-order valence-electron chi connectivity index (χ1n) is 7.56. The number of piperazine rings is 1. The third-order valence-electron chi connectivity index (χ3n) is 3.62. The molecule has 0 spiro atoms. The molecule has 1 amide bonds. The fourth-order valence-electron chi connectivity index (χ4n) is 2.37. The minimum atomic E-state index is -3.19. The highest BCUT2D eigenvalue weighted by atomic mass is 35.5. The van der Waals surface area contributed by atoms with E-state index in [1.54, 1.807) is 29.2 Å². The maximum atomic E-state index is 12.1. The third kappa shape index (κ3) is 5.09. The first-order chi connectivity index (χ1) is 10.9. The van der Waals surface area contributed by atoms with Gasteiger partial charge in [0.05, 0.1) is 5.75 Å². The molecule has 0 aliphatic carbocycles. The van der Waals surface area contributed by atoms with Crippen LogP contribution in [0, 0.1) is 0 Å². The smallest absolute Gasteiger partial charge is 0.260 e. The molecule has 2 rings (SSSR count). The molecule has 0 radical (unpaired) electrons. The summed E-state index contributed by atoms with van der Waals surface area (Å²) in [6.07, 6.45) is 0.594. The molecule has 0 saturated carbocycles. The molecule has 1 saturated heterocycles. The van der Waals surface area contributed by atoms with Crippen molar-refractivity contribution in [1.29, 1.82) is 0 Å². The van der Waals surface area contributed by atoms with E-state index in [0.29, 0.717) is 43.4 Å². The summed E-state index contributed by atoms with van der Waals surface area (Å²) < 4.78 is 30.9. The van der Waals surface area contributed by atoms with Crippen molar-refractivity contribution >= 4 is 27.5 Å². The summed E-state index contributed by atoms with van der Waals surface area (Å²) in [5.74, 6) is 0.583. The van der Waals surface area contributed by atoms with Gasteiger partial charge in [-0.15, -0.1) is 0 Å². The number of carbonyl (C=O) groups excluding carboxylic acids is 1. The number of benzene rings is 1. The van der Waals surface area contributed by atoms with Crippen molar-refractivity contribution in [3.8, 4) is 5.75 Å². The molecule has 128 valence electrons. The van der Waals surface area contributed by atoms with Gasteiger partial charge in [0.2, 0.25) is 10.0 Å². The number of halogens is 1. The third-order valence-corrected chi connectivity index (χ3v) is 5.95. The van der Waals surface area contributed by atoms with Crippen LogP contribution in [0.3, 0.4) is 0 Å². The quantitative estimate of drug-likeness (QED) is 0.772. The Morgan fingerprint density at radius 2 is 1.78 bits per heavy atom. The lowest BCUT2D eigenvalue weighted by Gasteiger charge is -2.33. The van der Waals surface area contributed by atoms with Crippen LogP contribution in [0.1, 0.15) is 13.3 Å². The van der Waals surface area contributed by atoms with Crippen molar-refractivity contribution in [1.82, 2.24) is 9.21 Å². The average Bonchev–Trinajstić information content (AvgIpc) is 2.54. The summed E-state index contributed by atoms with van der Waals surface area (Å²) in [6.45, 7) is 3.25. The summed E-state index contributed by atoms with van der Waals surface area (Å²) in [7, 11) is -3.19. The lowest BCUT2D eigenvalue weighted by atomic mass is 10.3. The molecule has 0 unspecified atom stereocenters. The topological polar surface area (TPSA) is 66.9 Å². The molecule has 1 heterocycles. The van der Waals surface area contributed by atoms with E-state index in [9.17, 15) is 13.2 Å². The van der Waals surface area contributed by atoms with Gasteiger partial charge in [0.25, 0.3) is 5.91 Å². The second kappa shape index (κ2) is 7.99. The van der Waals surface area contributed by atoms with Crippen LogP contribution in [0.25, 0.3) is 0 Å². The van der Waals surface area contributed by atoms with E-state index >= 15 is 0 Å². The average molecular weight is 361 g/mol. The molecule has 1 aliphatic rings. The van der Waals surface area contributed by atoms with Gasteiger partial charge >= 0.3 is 0 Å². The van der Waals surface area contributed by atoms with Gasteiger partial charge in [-0.1, -0.05) is 18.5 Å². The van der Waals surface area contributed by atoms with E-state index in [0.717, 1.165) is 0 Å². The summed E-state index contributed by atoms with van der Waals surface area (Å²) in [5, 5.41) is 0.605. The van der Waals surface area contributed by atoms with Crippen LogP contribution >= 0.6 is 11.6 Å². The Balaban J connectivity index is 1.80. The normalized spacial score (nSPS) is 16.3. The van der Waals surface area contributed by atoms with Gasteiger partial charge < -0.3 is 9.64 Å². The number of hydrogen-bond acceptors (Lipinski definition) is 4. The Bertz CT molecular complexity index is 625. The Hall–Kier alpha value is -1.31. The van der Waals surface area contributed by atoms with Gasteiger partial charge in [0.1, 0.15) is 5.75 Å². The molecule has 1 aromatic rings. The Labute approximate surface area is 142 Å². The molecule has 1 fully saturated rings. The lowest BCUT2D eigenvalue weighted by molar-refractivity contribution is -0.134. The number of rotatable bonds is 6. The highest BCUT2D eigenvalue weighted by molar-refractivity contribution is 7.89. The number of carbonyl (C=O) groups is 1. The van der Waals surface area contributed by atoms with Crippen molar-refractivity contribution < 1.29 is 17.9 Å². The van der Waals surface area contributed by atoms with E-state index in [4.69, 9.17) is 16.3 Å². The molecule has 0 bridgehead atoms. The Kier molecular flexibility index (Phi) is 6.26. The SMILES string of the molecule is CCCS(=O)(=O)N1CCN(C(=O)COc2ccc(Cl)cc2)CC1. The fraction of sp³-hybridized carbons (Fsp3) is 0.533. The molecule has 23 heavy (non-hydrogen) atoms. The van der Waals surface area contributed by atoms with E-state index in [1.165, 1.54) is 4.31 Å². The monoisotopic (exact) mass is 360 g/mol. The molecule has 0 aromatic heterocycles. The van der Waals surface area contributed by atoms with Crippen LogP contribution in [-0.4, -0.2) is 62.1 Å². The van der Waals surface area contributed by atoms with Crippen molar-refractivity contribution in [2.75, 3.05) is 38.5 Å². The van der Waals surface area contributed by atoms with Crippen LogP contribution < -0.4 is 4.74 Å². The molecule has 8 heteroatoms. The molecule has 1 aliphatic heterocycles. The zero-order valence-corrected chi connectivity index (χ0v) is 14.6. The summed E-state index contributed by atoms with van der Waals surface area (Å²) in [4.78, 5) is 13.8. The standard InChI is InChI=1S/C15H21ClN2O4S/c1-2-11-23(20,21)18-9-7-17(8-10-18)15(19)12-22-14-5-3-13(16)4-6-14/h3-6H,2,7-12H2,1H3. The number of ether oxygens (including phenoxy) is 1. The van der Waals surface area contributed by atoms with Gasteiger partial charge in [0, 0.05) is 31.2 Å². The Morgan fingerprint density at radius 3 is 2.35 bits per heavy atom. The van der Waals surface area contributed by atoms with Crippen molar-refractivity contribution in [2.24, 2.45) is 0 Å². The zero-order chi connectivity index (χ0) is 16.9. The van der Waals surface area contributed by atoms with Crippen LogP contribution in [0.15, 0.2) is 24.3 Å². The van der Waals surface area contributed by atoms with Gasteiger partial charge in [0.15, 0.2) is 6.61 Å². The van der Waals surface area contributed by atoms with Crippen molar-refractivity contribution in [3.05, 3.63) is 29.3 Å². The van der Waals surface area contributed by atoms with Crippen LogP contribution in [0.4, 0.5) is 0 Å². The minimum absolute atomic E-state index is 0.0661. The summed E-state index contributed by atoms with van der Waals surface area (Å²) in [6, 6.07) is 6.78. The number of nitrogens with zero attached hydrogens (tertiary/aromatic N) is 2. The number of amides is 1. The maximum absolute atomic E-state index is 12.1. The fourth-order valence-corrected chi connectivity index (χ4v) is 3.99. The molecular formula is C15H21ClN2O4S. The summed E-state index contributed by atoms with van der Waals surface area (Å²) >= 11 is 5.78. The molecular weight excluding hydrogens is 340 g/mol. The van der Waals surface area contributed by atoms with Crippen molar-refractivity contribution in [3.63, 3.8) is 0 Å². The zero-order valence-electron chi connectivity index (χ0n) is 13.1. The predicted octanol–water partition coefficient (Wildman–Crippen LogP) is 1.60. The van der Waals surface area contributed by atoms with Gasteiger partial charge in [-0.3, -0.25) is 4.79 Å². The van der Waals surface area contributed by atoms with Crippen LogP contribution in [-0.2, 0) is 14.8 Å². The van der Waals surface area contributed by atoms with E-state index in [-0.39, 0.29) is 18.3 Å². The van der Waals surface area contributed by atoms with E-state index < -0.39 is 10.0 Å². The van der Waals surface area contributed by atoms with Crippen LogP contribution in [0.2, 0.25) is 5.02 Å². The molecule has 6 nitrogen and oxygen atoms in total. The molecule has 0 atom stereocenters. The highest BCUT2D eigenvalue weighted by Crippen LogP contribution is 2.16. The van der Waals surface area contributed by atoms with E-state index in [1.807, 2.05) is 6.92 Å². The molecule has 1 aromatic carbocycles. The number of hydrogen-bond donors (Lipinski definition) is 0. The first-order valence-corrected chi connectivity index (χ1v) is 9.55. The number of sulfonamides is 1. The van der Waals surface area contributed by atoms with Gasteiger partial charge in [-0.05, 0) is 30.7 Å². The Morgan fingerprint density at radius 1 is 1.17 bits per heavy atom. The second-order valence-electron chi connectivity index (χ2n) is 5.34. The lowest BCUT2D eigenvalue weighted by Crippen LogP contribution is -2.52. The van der Waals surface area contributed by atoms with Crippen LogP contribution in [0.5, 0.6) is 5.75 Å². The minimum Gasteiger partial charge on any atom is -0.484 e. The largest absolute Gasteiger partial charge is 0.484 e. The van der Waals surface area contributed by atoms with Crippen molar-refractivity contribution in [2.45, 2.75) is 13.3 Å².